The smallest absolute Gasteiger partial charge is 0.303 e. The first-order chi connectivity index (χ1) is 9.63. The van der Waals surface area contributed by atoms with Crippen LogP contribution in [-0.2, 0) is 9.59 Å². The Morgan fingerprint density at radius 3 is 2.45 bits per heavy atom. The van der Waals surface area contributed by atoms with Crippen LogP contribution in [0.1, 0.15) is 44.9 Å². The molecule has 0 spiro atoms. The molecular formula is C15H24N2O3. The molecule has 3 aliphatic heterocycles. The number of nitrogens with one attached hydrogen (secondary N) is 1. The molecule has 2 N–H and O–H groups in total. The zero-order valence-electron chi connectivity index (χ0n) is 11.9. The van der Waals surface area contributed by atoms with Crippen molar-refractivity contribution in [1.82, 2.24) is 10.2 Å². The fraction of sp³-hybridized carbons (Fsp3) is 0.867. The van der Waals surface area contributed by atoms with E-state index in [-0.39, 0.29) is 12.3 Å². The largest absolute Gasteiger partial charge is 0.481 e. The molecule has 5 nitrogen and oxygen atoms in total. The van der Waals surface area contributed by atoms with Crippen molar-refractivity contribution >= 4 is 11.9 Å². The van der Waals surface area contributed by atoms with Crippen LogP contribution in [0.2, 0.25) is 0 Å². The third kappa shape index (κ3) is 2.82. The average Bonchev–Trinajstić information content (AvgIpc) is 3.07. The van der Waals surface area contributed by atoms with Crippen molar-refractivity contribution < 1.29 is 14.7 Å². The standard InChI is InChI=1S/C15H24N2O3/c18-14(19)4-1-10-5-7-17(8-6-10)15(20)12-9-11-2-3-13(12)16-11/h10-13,16H,1-9H2,(H,18,19). The fourth-order valence-electron chi connectivity index (χ4n) is 4.10. The summed E-state index contributed by atoms with van der Waals surface area (Å²) in [5.74, 6) is 0.301. The monoisotopic (exact) mass is 280 g/mol. The SMILES string of the molecule is O=C(O)CCC1CCN(C(=O)C2CC3CCC2N3)CC1. The lowest BCUT2D eigenvalue weighted by molar-refractivity contribution is -0.139. The van der Waals surface area contributed by atoms with Crippen molar-refractivity contribution in [2.75, 3.05) is 13.1 Å². The molecule has 0 saturated carbocycles. The molecule has 3 aliphatic rings. The van der Waals surface area contributed by atoms with Crippen LogP contribution in [0.3, 0.4) is 0 Å². The number of amides is 1. The molecule has 0 radical (unpaired) electrons. The third-order valence-corrected chi connectivity index (χ3v) is 5.31. The number of carboxylic acids is 1. The zero-order chi connectivity index (χ0) is 14.1. The van der Waals surface area contributed by atoms with E-state index in [9.17, 15) is 9.59 Å². The molecule has 20 heavy (non-hydrogen) atoms. The Labute approximate surface area is 119 Å². The van der Waals surface area contributed by atoms with Gasteiger partial charge in [0.2, 0.25) is 5.91 Å². The average molecular weight is 280 g/mol. The number of carboxylic acid groups (broad SMARTS) is 1. The molecule has 3 unspecified atom stereocenters. The molecule has 0 aromatic heterocycles. The van der Waals surface area contributed by atoms with Gasteiger partial charge in [-0.15, -0.1) is 0 Å². The molecule has 0 aliphatic carbocycles. The zero-order valence-corrected chi connectivity index (χ0v) is 11.9. The van der Waals surface area contributed by atoms with Gasteiger partial charge in [-0.1, -0.05) is 0 Å². The number of carbonyl (C=O) groups is 2. The topological polar surface area (TPSA) is 69.6 Å². The van der Waals surface area contributed by atoms with Gasteiger partial charge >= 0.3 is 5.97 Å². The van der Waals surface area contributed by atoms with Gasteiger partial charge in [0.15, 0.2) is 0 Å². The summed E-state index contributed by atoms with van der Waals surface area (Å²) in [6, 6.07) is 0.985. The summed E-state index contributed by atoms with van der Waals surface area (Å²) >= 11 is 0. The minimum absolute atomic E-state index is 0.198. The van der Waals surface area contributed by atoms with Crippen LogP contribution < -0.4 is 5.32 Å². The molecule has 3 atom stereocenters. The summed E-state index contributed by atoms with van der Waals surface area (Å²) in [4.78, 5) is 25.2. The number of fused-ring (bicyclic) bond motifs is 2. The van der Waals surface area contributed by atoms with Crippen LogP contribution in [0, 0.1) is 11.8 Å². The first-order valence-electron chi connectivity index (χ1n) is 7.90. The van der Waals surface area contributed by atoms with Crippen molar-refractivity contribution in [3.63, 3.8) is 0 Å². The van der Waals surface area contributed by atoms with Crippen molar-refractivity contribution in [1.29, 1.82) is 0 Å². The maximum Gasteiger partial charge on any atom is 0.303 e. The quantitative estimate of drug-likeness (QED) is 0.812. The van der Waals surface area contributed by atoms with E-state index in [0.29, 0.717) is 23.9 Å². The third-order valence-electron chi connectivity index (χ3n) is 5.31. The van der Waals surface area contributed by atoms with E-state index in [1.165, 1.54) is 6.42 Å². The number of hydrogen-bond donors (Lipinski definition) is 2. The van der Waals surface area contributed by atoms with E-state index < -0.39 is 5.97 Å². The number of likely N-dealkylation sites (tertiary alicyclic amines) is 1. The fourth-order valence-corrected chi connectivity index (χ4v) is 4.10. The van der Waals surface area contributed by atoms with Gasteiger partial charge in [-0.3, -0.25) is 9.59 Å². The minimum atomic E-state index is -0.712. The van der Waals surface area contributed by atoms with Gasteiger partial charge in [-0.2, -0.15) is 0 Å². The Kier molecular flexibility index (Phi) is 3.96. The number of aliphatic carboxylic acids is 1. The Balaban J connectivity index is 1.46. The highest BCUT2D eigenvalue weighted by Crippen LogP contribution is 2.35. The number of nitrogens with zero attached hydrogens (tertiary/aromatic N) is 1. The van der Waals surface area contributed by atoms with E-state index in [4.69, 9.17) is 5.11 Å². The number of hydrogen-bond acceptors (Lipinski definition) is 3. The van der Waals surface area contributed by atoms with Gasteiger partial charge in [0, 0.05) is 31.6 Å². The summed E-state index contributed by atoms with van der Waals surface area (Å²) in [6.45, 7) is 1.63. The molecule has 0 aromatic carbocycles. The highest BCUT2D eigenvalue weighted by molar-refractivity contribution is 5.80. The van der Waals surface area contributed by atoms with Gasteiger partial charge in [-0.05, 0) is 44.4 Å². The molecule has 3 saturated heterocycles. The molecular weight excluding hydrogens is 256 g/mol. The van der Waals surface area contributed by atoms with Crippen LogP contribution in [0.15, 0.2) is 0 Å². The predicted molar refractivity (Wildman–Crippen MR) is 74.2 cm³/mol. The van der Waals surface area contributed by atoms with E-state index in [0.717, 1.165) is 45.2 Å². The van der Waals surface area contributed by atoms with Gasteiger partial charge in [-0.25, -0.2) is 0 Å². The van der Waals surface area contributed by atoms with Crippen LogP contribution in [-0.4, -0.2) is 47.1 Å². The Bertz CT molecular complexity index is 391. The molecule has 3 heterocycles. The van der Waals surface area contributed by atoms with Gasteiger partial charge in [0.1, 0.15) is 0 Å². The Morgan fingerprint density at radius 2 is 1.90 bits per heavy atom. The molecule has 112 valence electrons. The molecule has 3 rings (SSSR count). The highest BCUT2D eigenvalue weighted by atomic mass is 16.4. The van der Waals surface area contributed by atoms with Crippen molar-refractivity contribution in [3.8, 4) is 0 Å². The lowest BCUT2D eigenvalue weighted by Crippen LogP contribution is -2.44. The van der Waals surface area contributed by atoms with Crippen molar-refractivity contribution in [2.45, 2.75) is 57.0 Å². The van der Waals surface area contributed by atoms with Crippen LogP contribution in [0.4, 0.5) is 0 Å². The lowest BCUT2D eigenvalue weighted by Gasteiger charge is -2.35. The number of piperidine rings is 1. The summed E-state index contributed by atoms with van der Waals surface area (Å²) in [7, 11) is 0. The van der Waals surface area contributed by atoms with Gasteiger partial charge in [0.25, 0.3) is 0 Å². The van der Waals surface area contributed by atoms with Crippen molar-refractivity contribution in [2.24, 2.45) is 11.8 Å². The second-order valence-electron chi connectivity index (χ2n) is 6.59. The molecule has 3 fully saturated rings. The first-order valence-corrected chi connectivity index (χ1v) is 7.90. The highest BCUT2D eigenvalue weighted by Gasteiger charge is 2.44. The Hall–Kier alpha value is -1.10. The minimum Gasteiger partial charge on any atom is -0.481 e. The molecule has 1 amide bonds. The van der Waals surface area contributed by atoms with E-state index in [1.54, 1.807) is 0 Å². The van der Waals surface area contributed by atoms with E-state index in [1.807, 2.05) is 4.90 Å². The first kappa shape index (κ1) is 13.9. The second kappa shape index (κ2) is 5.72. The summed E-state index contributed by atoms with van der Waals surface area (Å²) in [5.41, 5.74) is 0. The summed E-state index contributed by atoms with van der Waals surface area (Å²) < 4.78 is 0. The maximum absolute atomic E-state index is 12.6. The number of carbonyl (C=O) groups excluding carboxylic acids is 1. The van der Waals surface area contributed by atoms with Crippen LogP contribution in [0.25, 0.3) is 0 Å². The lowest BCUT2D eigenvalue weighted by atomic mass is 9.86. The van der Waals surface area contributed by atoms with E-state index >= 15 is 0 Å². The second-order valence-corrected chi connectivity index (χ2v) is 6.59. The predicted octanol–water partition coefficient (Wildman–Crippen LogP) is 1.23. The van der Waals surface area contributed by atoms with Gasteiger partial charge in [0.05, 0.1) is 5.92 Å². The summed E-state index contributed by atoms with van der Waals surface area (Å²) in [6.07, 6.45) is 6.34. The van der Waals surface area contributed by atoms with Crippen LogP contribution >= 0.6 is 0 Å². The van der Waals surface area contributed by atoms with E-state index in [2.05, 4.69) is 5.32 Å². The van der Waals surface area contributed by atoms with Crippen molar-refractivity contribution in [3.05, 3.63) is 0 Å². The van der Waals surface area contributed by atoms with Crippen LogP contribution in [0.5, 0.6) is 0 Å². The molecule has 2 bridgehead atoms. The summed E-state index contributed by atoms with van der Waals surface area (Å²) in [5, 5.41) is 12.2. The van der Waals surface area contributed by atoms with Gasteiger partial charge < -0.3 is 15.3 Å². The number of rotatable bonds is 4. The Morgan fingerprint density at radius 1 is 1.15 bits per heavy atom. The molecule has 5 heteroatoms. The normalized spacial score (nSPS) is 33.6. The molecule has 0 aromatic rings. The maximum atomic E-state index is 12.6.